The number of nitrogens with zero attached hydrogens (tertiary/aromatic N) is 1. The highest BCUT2D eigenvalue weighted by atomic mass is 32.2. The monoisotopic (exact) mass is 394 g/mol. The molecule has 0 aromatic heterocycles. The Labute approximate surface area is 160 Å². The highest BCUT2D eigenvalue weighted by Gasteiger charge is 2.58. The topological polar surface area (TPSA) is 92.8 Å². The van der Waals surface area contributed by atoms with Crippen molar-refractivity contribution in [2.75, 3.05) is 32.2 Å². The van der Waals surface area contributed by atoms with E-state index >= 15 is 0 Å². The van der Waals surface area contributed by atoms with Gasteiger partial charge in [-0.25, -0.2) is 8.42 Å². The maximum absolute atomic E-state index is 12.8. The molecule has 148 valence electrons. The standard InChI is InChI=1S/C19H26N2O5S/c1-21(15-7-11-27(24,25)13-15)18(23)19(8-9-19)17(22)20-10-6-14-4-3-5-16(12-14)26-2/h3-5,12,15H,6-11,13H2,1-2H3,(H,20,22). The van der Waals surface area contributed by atoms with Crippen molar-refractivity contribution in [1.29, 1.82) is 0 Å². The number of rotatable bonds is 7. The number of hydrogen-bond acceptors (Lipinski definition) is 5. The third-order valence-electron chi connectivity index (χ3n) is 5.50. The third kappa shape index (κ3) is 4.26. The SMILES string of the molecule is COc1cccc(CCNC(=O)C2(C(=O)N(C)C3CCS(=O)(=O)C3)CC2)c1. The Hall–Kier alpha value is -2.09. The van der Waals surface area contributed by atoms with Gasteiger partial charge in [-0.1, -0.05) is 12.1 Å². The summed E-state index contributed by atoms with van der Waals surface area (Å²) in [5, 5.41) is 2.87. The van der Waals surface area contributed by atoms with Gasteiger partial charge in [-0.3, -0.25) is 9.59 Å². The lowest BCUT2D eigenvalue weighted by Gasteiger charge is -2.27. The number of benzene rings is 1. The average molecular weight is 394 g/mol. The van der Waals surface area contributed by atoms with E-state index in [1.54, 1.807) is 14.2 Å². The minimum absolute atomic E-state index is 0.0111. The summed E-state index contributed by atoms with van der Waals surface area (Å²) >= 11 is 0. The van der Waals surface area contributed by atoms with E-state index in [-0.39, 0.29) is 29.4 Å². The molecule has 1 heterocycles. The molecule has 0 bridgehead atoms. The van der Waals surface area contributed by atoms with Crippen LogP contribution in [-0.2, 0) is 25.8 Å². The highest BCUT2D eigenvalue weighted by Crippen LogP contribution is 2.48. The molecule has 8 heteroatoms. The Morgan fingerprint density at radius 2 is 2.07 bits per heavy atom. The van der Waals surface area contributed by atoms with Gasteiger partial charge in [-0.05, 0) is 43.4 Å². The van der Waals surface area contributed by atoms with Crippen molar-refractivity contribution in [3.8, 4) is 5.75 Å². The van der Waals surface area contributed by atoms with Crippen molar-refractivity contribution in [3.05, 3.63) is 29.8 Å². The zero-order chi connectivity index (χ0) is 19.7. The molecule has 1 saturated carbocycles. The van der Waals surface area contributed by atoms with Crippen LogP contribution in [0.1, 0.15) is 24.8 Å². The molecule has 1 aromatic rings. The highest BCUT2D eigenvalue weighted by molar-refractivity contribution is 7.91. The van der Waals surface area contributed by atoms with Crippen LogP contribution in [0.15, 0.2) is 24.3 Å². The maximum Gasteiger partial charge on any atom is 0.238 e. The molecule has 1 saturated heterocycles. The Bertz CT molecular complexity index is 832. The second-order valence-electron chi connectivity index (χ2n) is 7.41. The lowest BCUT2D eigenvalue weighted by Crippen LogP contribution is -2.48. The molecular formula is C19H26N2O5S. The molecule has 2 amide bonds. The molecule has 7 nitrogen and oxygen atoms in total. The summed E-state index contributed by atoms with van der Waals surface area (Å²) in [4.78, 5) is 26.9. The van der Waals surface area contributed by atoms with Crippen molar-refractivity contribution >= 4 is 21.7 Å². The van der Waals surface area contributed by atoms with Crippen molar-refractivity contribution < 1.29 is 22.7 Å². The summed E-state index contributed by atoms with van der Waals surface area (Å²) in [5.74, 6) is 0.338. The van der Waals surface area contributed by atoms with Gasteiger partial charge in [-0.2, -0.15) is 0 Å². The number of amides is 2. The fourth-order valence-electron chi connectivity index (χ4n) is 3.56. The van der Waals surface area contributed by atoms with Gasteiger partial charge in [0.1, 0.15) is 11.2 Å². The first-order chi connectivity index (χ1) is 12.8. The van der Waals surface area contributed by atoms with Crippen LogP contribution in [0.2, 0.25) is 0 Å². The molecule has 1 aliphatic carbocycles. The Morgan fingerprint density at radius 1 is 1.33 bits per heavy atom. The van der Waals surface area contributed by atoms with Gasteiger partial charge in [0.15, 0.2) is 9.84 Å². The molecule has 2 fully saturated rings. The normalized spacial score (nSPS) is 22.1. The maximum atomic E-state index is 12.8. The molecule has 3 rings (SSSR count). The lowest BCUT2D eigenvalue weighted by atomic mass is 10.0. The van der Waals surface area contributed by atoms with E-state index in [2.05, 4.69) is 5.32 Å². The van der Waals surface area contributed by atoms with Gasteiger partial charge in [-0.15, -0.1) is 0 Å². The molecule has 0 radical (unpaired) electrons. The molecule has 1 aliphatic heterocycles. The lowest BCUT2D eigenvalue weighted by molar-refractivity contribution is -0.144. The van der Waals surface area contributed by atoms with Crippen LogP contribution < -0.4 is 10.1 Å². The number of hydrogen-bond donors (Lipinski definition) is 1. The van der Waals surface area contributed by atoms with Gasteiger partial charge < -0.3 is 15.0 Å². The molecular weight excluding hydrogens is 368 g/mol. The zero-order valence-corrected chi connectivity index (χ0v) is 16.5. The van der Waals surface area contributed by atoms with Gasteiger partial charge in [0, 0.05) is 19.6 Å². The van der Waals surface area contributed by atoms with Crippen molar-refractivity contribution in [2.45, 2.75) is 31.7 Å². The number of ether oxygens (including phenoxy) is 1. The van der Waals surface area contributed by atoms with Crippen LogP contribution in [0.3, 0.4) is 0 Å². The molecule has 1 atom stereocenters. The Morgan fingerprint density at radius 3 is 2.67 bits per heavy atom. The van der Waals surface area contributed by atoms with E-state index in [4.69, 9.17) is 4.74 Å². The molecule has 1 N–H and O–H groups in total. The number of methoxy groups -OCH3 is 1. The molecule has 27 heavy (non-hydrogen) atoms. The Kier molecular flexibility index (Phi) is 5.46. The average Bonchev–Trinajstić information content (AvgIpc) is 3.38. The summed E-state index contributed by atoms with van der Waals surface area (Å²) in [6.07, 6.45) is 2.11. The molecule has 1 aromatic carbocycles. The van der Waals surface area contributed by atoms with E-state index in [0.717, 1.165) is 11.3 Å². The van der Waals surface area contributed by atoms with Crippen LogP contribution in [0.25, 0.3) is 0 Å². The number of nitrogens with one attached hydrogen (secondary N) is 1. The van der Waals surface area contributed by atoms with E-state index in [1.807, 2.05) is 24.3 Å². The first kappa shape index (κ1) is 19.7. The molecule has 1 unspecified atom stereocenters. The van der Waals surface area contributed by atoms with Gasteiger partial charge in [0.2, 0.25) is 11.8 Å². The first-order valence-corrected chi connectivity index (χ1v) is 11.0. The number of sulfone groups is 1. The second kappa shape index (κ2) is 7.50. The van der Waals surface area contributed by atoms with Gasteiger partial charge >= 0.3 is 0 Å². The number of carbonyl (C=O) groups is 2. The quantitative estimate of drug-likeness (QED) is 0.690. The predicted molar refractivity (Wildman–Crippen MR) is 101 cm³/mol. The van der Waals surface area contributed by atoms with Crippen LogP contribution in [0, 0.1) is 5.41 Å². The molecule has 2 aliphatic rings. The minimum Gasteiger partial charge on any atom is -0.497 e. The first-order valence-electron chi connectivity index (χ1n) is 9.16. The summed E-state index contributed by atoms with van der Waals surface area (Å²) < 4.78 is 28.5. The summed E-state index contributed by atoms with van der Waals surface area (Å²) in [5.41, 5.74) is 0.0225. The van der Waals surface area contributed by atoms with Gasteiger partial charge in [0.05, 0.1) is 18.6 Å². The van der Waals surface area contributed by atoms with E-state index in [0.29, 0.717) is 32.2 Å². The largest absolute Gasteiger partial charge is 0.497 e. The van der Waals surface area contributed by atoms with Crippen LogP contribution in [0.5, 0.6) is 5.75 Å². The summed E-state index contributed by atoms with van der Waals surface area (Å²) in [7, 11) is 0.141. The third-order valence-corrected chi connectivity index (χ3v) is 7.25. The van der Waals surface area contributed by atoms with E-state index < -0.39 is 15.3 Å². The van der Waals surface area contributed by atoms with E-state index in [1.165, 1.54) is 4.90 Å². The number of carbonyl (C=O) groups excluding carboxylic acids is 2. The summed E-state index contributed by atoms with van der Waals surface area (Å²) in [6.45, 7) is 0.433. The summed E-state index contributed by atoms with van der Waals surface area (Å²) in [6, 6.07) is 7.30. The van der Waals surface area contributed by atoms with E-state index in [9.17, 15) is 18.0 Å². The predicted octanol–water partition coefficient (Wildman–Crippen LogP) is 0.780. The van der Waals surface area contributed by atoms with Crippen LogP contribution in [-0.4, -0.2) is 63.4 Å². The smallest absolute Gasteiger partial charge is 0.238 e. The van der Waals surface area contributed by atoms with Crippen molar-refractivity contribution in [3.63, 3.8) is 0 Å². The fraction of sp³-hybridized carbons (Fsp3) is 0.579. The van der Waals surface area contributed by atoms with Crippen LogP contribution in [0.4, 0.5) is 0 Å². The van der Waals surface area contributed by atoms with Gasteiger partial charge in [0.25, 0.3) is 0 Å². The second-order valence-corrected chi connectivity index (χ2v) is 9.64. The van der Waals surface area contributed by atoms with Crippen molar-refractivity contribution in [2.24, 2.45) is 5.41 Å². The minimum atomic E-state index is -3.07. The Balaban J connectivity index is 1.55. The van der Waals surface area contributed by atoms with Crippen molar-refractivity contribution in [1.82, 2.24) is 10.2 Å². The van der Waals surface area contributed by atoms with Crippen LogP contribution >= 0.6 is 0 Å². The molecule has 0 spiro atoms. The zero-order valence-electron chi connectivity index (χ0n) is 15.7. The fourth-order valence-corrected chi connectivity index (χ4v) is 5.34.